The molecule has 10 heteroatoms. The summed E-state index contributed by atoms with van der Waals surface area (Å²) in [6.45, 7) is 4.26. The van der Waals surface area contributed by atoms with Crippen LogP contribution in [0.15, 0.2) is 29.2 Å². The number of imide groups is 1. The lowest BCUT2D eigenvalue weighted by atomic mass is 10.2. The number of nitrogens with one attached hydrogen (secondary N) is 2. The van der Waals surface area contributed by atoms with Crippen molar-refractivity contribution in [1.29, 1.82) is 0 Å². The standard InChI is InChI=1S/C18H25N3O6S/c1-3-19-18(24)20-16(22)13(2)27-17(23)14-8-7-9-15(12-14)28(25,26)21-10-5-4-6-11-21/h7-9,12-13H,3-6,10-11H2,1-2H3,(H2,19,20,22,24)/t13-/m1/s1. The minimum absolute atomic E-state index is 0.00304. The Balaban J connectivity index is 2.07. The van der Waals surface area contributed by atoms with Gasteiger partial charge in [-0.15, -0.1) is 0 Å². The maximum atomic E-state index is 12.7. The molecule has 1 saturated heterocycles. The lowest BCUT2D eigenvalue weighted by Crippen LogP contribution is -2.44. The molecule has 2 N–H and O–H groups in total. The summed E-state index contributed by atoms with van der Waals surface area (Å²) in [4.78, 5) is 35.6. The van der Waals surface area contributed by atoms with E-state index in [0.717, 1.165) is 19.3 Å². The van der Waals surface area contributed by atoms with Gasteiger partial charge in [0.15, 0.2) is 6.10 Å². The molecule has 0 bridgehead atoms. The number of benzene rings is 1. The average molecular weight is 411 g/mol. The lowest BCUT2D eigenvalue weighted by molar-refractivity contribution is -0.127. The molecule has 1 aromatic carbocycles. The number of nitrogens with zero attached hydrogens (tertiary/aromatic N) is 1. The van der Waals surface area contributed by atoms with Crippen LogP contribution in [0.5, 0.6) is 0 Å². The van der Waals surface area contributed by atoms with Gasteiger partial charge in [0.25, 0.3) is 5.91 Å². The van der Waals surface area contributed by atoms with Gasteiger partial charge in [-0.25, -0.2) is 18.0 Å². The van der Waals surface area contributed by atoms with Gasteiger partial charge in [-0.3, -0.25) is 10.1 Å². The third-order valence-corrected chi connectivity index (χ3v) is 6.14. The molecule has 1 fully saturated rings. The van der Waals surface area contributed by atoms with Crippen LogP contribution in [0.25, 0.3) is 0 Å². The van der Waals surface area contributed by atoms with Crippen LogP contribution in [-0.4, -0.2) is 56.4 Å². The summed E-state index contributed by atoms with van der Waals surface area (Å²) in [6, 6.07) is 4.83. The van der Waals surface area contributed by atoms with Gasteiger partial charge >= 0.3 is 12.0 Å². The number of hydrogen-bond donors (Lipinski definition) is 2. The summed E-state index contributed by atoms with van der Waals surface area (Å²) in [7, 11) is -3.69. The molecule has 2 rings (SSSR count). The van der Waals surface area contributed by atoms with Gasteiger partial charge in [0, 0.05) is 19.6 Å². The molecule has 3 amide bonds. The number of ether oxygens (including phenoxy) is 1. The van der Waals surface area contributed by atoms with Crippen LogP contribution in [0.3, 0.4) is 0 Å². The fraction of sp³-hybridized carbons (Fsp3) is 0.500. The van der Waals surface area contributed by atoms with E-state index in [9.17, 15) is 22.8 Å². The van der Waals surface area contributed by atoms with Crippen LogP contribution in [0.1, 0.15) is 43.5 Å². The van der Waals surface area contributed by atoms with Crippen molar-refractivity contribution >= 4 is 27.9 Å². The highest BCUT2D eigenvalue weighted by Gasteiger charge is 2.27. The predicted molar refractivity (Wildman–Crippen MR) is 101 cm³/mol. The first kappa shape index (κ1) is 21.8. The molecule has 0 spiro atoms. The maximum absolute atomic E-state index is 12.7. The van der Waals surface area contributed by atoms with Gasteiger partial charge in [-0.2, -0.15) is 4.31 Å². The highest BCUT2D eigenvalue weighted by Crippen LogP contribution is 2.21. The molecule has 0 aromatic heterocycles. The number of carbonyl (C=O) groups excluding carboxylic acids is 3. The first-order valence-electron chi connectivity index (χ1n) is 9.15. The van der Waals surface area contributed by atoms with Crippen molar-refractivity contribution in [3.05, 3.63) is 29.8 Å². The van der Waals surface area contributed by atoms with E-state index in [4.69, 9.17) is 4.74 Å². The minimum atomic E-state index is -3.69. The summed E-state index contributed by atoms with van der Waals surface area (Å²) in [5.41, 5.74) is 0.00995. The molecule has 1 aliphatic heterocycles. The van der Waals surface area contributed by atoms with E-state index in [1.807, 2.05) is 5.32 Å². The Hall–Kier alpha value is -2.46. The number of carbonyl (C=O) groups is 3. The van der Waals surface area contributed by atoms with E-state index in [0.29, 0.717) is 19.6 Å². The Kier molecular flexibility index (Phi) is 7.53. The molecular formula is C18H25N3O6S. The van der Waals surface area contributed by atoms with E-state index in [-0.39, 0.29) is 10.5 Å². The highest BCUT2D eigenvalue weighted by atomic mass is 32.2. The average Bonchev–Trinajstić information content (AvgIpc) is 2.68. The number of hydrogen-bond acceptors (Lipinski definition) is 6. The van der Waals surface area contributed by atoms with Crippen LogP contribution in [0.2, 0.25) is 0 Å². The molecule has 1 heterocycles. The van der Waals surface area contributed by atoms with Gasteiger partial charge < -0.3 is 10.1 Å². The first-order valence-corrected chi connectivity index (χ1v) is 10.6. The Morgan fingerprint density at radius 3 is 2.50 bits per heavy atom. The van der Waals surface area contributed by atoms with Crippen molar-refractivity contribution in [2.75, 3.05) is 19.6 Å². The van der Waals surface area contributed by atoms with Crippen LogP contribution in [0.4, 0.5) is 4.79 Å². The van der Waals surface area contributed by atoms with E-state index >= 15 is 0 Å². The van der Waals surface area contributed by atoms with Gasteiger partial charge in [-0.1, -0.05) is 12.5 Å². The quantitative estimate of drug-likeness (QED) is 0.680. The zero-order valence-corrected chi connectivity index (χ0v) is 16.8. The van der Waals surface area contributed by atoms with Gasteiger partial charge in [0.05, 0.1) is 10.5 Å². The second kappa shape index (κ2) is 9.65. The Labute approximate surface area is 164 Å². The van der Waals surface area contributed by atoms with Gasteiger partial charge in [-0.05, 0) is 44.9 Å². The summed E-state index contributed by atoms with van der Waals surface area (Å²) in [5, 5.41) is 4.44. The van der Waals surface area contributed by atoms with E-state index in [2.05, 4.69) is 5.32 Å². The zero-order chi connectivity index (χ0) is 20.7. The Bertz CT molecular complexity index is 833. The number of amides is 3. The van der Waals surface area contributed by atoms with Gasteiger partial charge in [0.2, 0.25) is 10.0 Å². The molecule has 9 nitrogen and oxygen atoms in total. The molecule has 0 saturated carbocycles. The van der Waals surface area contributed by atoms with Crippen molar-refractivity contribution in [2.24, 2.45) is 0 Å². The van der Waals surface area contributed by atoms with Crippen molar-refractivity contribution in [3.8, 4) is 0 Å². The fourth-order valence-electron chi connectivity index (χ4n) is 2.74. The van der Waals surface area contributed by atoms with Crippen LogP contribution in [0, 0.1) is 0 Å². The monoisotopic (exact) mass is 411 g/mol. The molecule has 0 unspecified atom stereocenters. The SMILES string of the molecule is CCNC(=O)NC(=O)[C@@H](C)OC(=O)c1cccc(S(=O)(=O)N2CCCCC2)c1. The van der Waals surface area contributed by atoms with Crippen LogP contribution in [-0.2, 0) is 19.6 Å². The van der Waals surface area contributed by atoms with Crippen LogP contribution >= 0.6 is 0 Å². The predicted octanol–water partition coefficient (Wildman–Crippen LogP) is 1.25. The van der Waals surface area contributed by atoms with E-state index < -0.39 is 34.0 Å². The molecule has 0 aliphatic carbocycles. The van der Waals surface area contributed by atoms with Crippen LogP contribution < -0.4 is 10.6 Å². The fourth-order valence-corrected chi connectivity index (χ4v) is 4.30. The molecule has 1 atom stereocenters. The minimum Gasteiger partial charge on any atom is -0.449 e. The third-order valence-electron chi connectivity index (χ3n) is 4.25. The maximum Gasteiger partial charge on any atom is 0.338 e. The highest BCUT2D eigenvalue weighted by molar-refractivity contribution is 7.89. The number of piperidine rings is 1. The number of esters is 1. The second-order valence-electron chi connectivity index (χ2n) is 6.39. The number of sulfonamides is 1. The number of urea groups is 1. The Morgan fingerprint density at radius 2 is 1.86 bits per heavy atom. The zero-order valence-electron chi connectivity index (χ0n) is 15.9. The summed E-state index contributed by atoms with van der Waals surface area (Å²) >= 11 is 0. The summed E-state index contributed by atoms with van der Waals surface area (Å²) in [6.07, 6.45) is 1.38. The third kappa shape index (κ3) is 5.52. The molecular weight excluding hydrogens is 386 g/mol. The normalized spacial score (nSPS) is 16.1. The van der Waals surface area contributed by atoms with Crippen molar-refractivity contribution < 1.29 is 27.5 Å². The summed E-state index contributed by atoms with van der Waals surface area (Å²) < 4.78 is 31.9. The topological polar surface area (TPSA) is 122 Å². The number of rotatable bonds is 6. The smallest absolute Gasteiger partial charge is 0.338 e. The van der Waals surface area contributed by atoms with Crippen molar-refractivity contribution in [1.82, 2.24) is 14.9 Å². The van der Waals surface area contributed by atoms with E-state index in [1.165, 1.54) is 35.5 Å². The van der Waals surface area contributed by atoms with Crippen molar-refractivity contribution in [3.63, 3.8) is 0 Å². The molecule has 1 aliphatic rings. The van der Waals surface area contributed by atoms with E-state index in [1.54, 1.807) is 6.92 Å². The molecule has 28 heavy (non-hydrogen) atoms. The first-order chi connectivity index (χ1) is 13.3. The molecule has 1 aromatic rings. The lowest BCUT2D eigenvalue weighted by Gasteiger charge is -2.26. The largest absolute Gasteiger partial charge is 0.449 e. The second-order valence-corrected chi connectivity index (χ2v) is 8.33. The molecule has 154 valence electrons. The summed E-state index contributed by atoms with van der Waals surface area (Å²) in [5.74, 6) is -1.63. The van der Waals surface area contributed by atoms with Crippen molar-refractivity contribution in [2.45, 2.75) is 44.1 Å². The van der Waals surface area contributed by atoms with Gasteiger partial charge in [0.1, 0.15) is 0 Å². The Morgan fingerprint density at radius 1 is 1.18 bits per heavy atom. The molecule has 0 radical (unpaired) electrons.